The molecular weight excluding hydrogens is 382 g/mol. The van der Waals surface area contributed by atoms with E-state index in [0.717, 1.165) is 22.5 Å². The van der Waals surface area contributed by atoms with E-state index in [1.54, 1.807) is 0 Å². The Hall–Kier alpha value is -2.82. The Morgan fingerprint density at radius 1 is 0.839 bits per heavy atom. The fourth-order valence-corrected chi connectivity index (χ4v) is 2.95. The summed E-state index contributed by atoms with van der Waals surface area (Å²) in [5.41, 5.74) is 10.9. The van der Waals surface area contributed by atoms with Crippen molar-refractivity contribution in [2.45, 2.75) is 46.6 Å². The van der Waals surface area contributed by atoms with E-state index in [9.17, 15) is 5.21 Å². The molecule has 4 nitrogen and oxygen atoms in total. The molecule has 0 saturated heterocycles. The molecule has 0 aliphatic rings. The Labute approximate surface area is 188 Å². The maximum atomic E-state index is 10.6. The molecule has 0 amide bonds. The van der Waals surface area contributed by atoms with Crippen LogP contribution in [0.5, 0.6) is 0 Å². The van der Waals surface area contributed by atoms with Crippen LogP contribution in [0.2, 0.25) is 0 Å². The lowest BCUT2D eigenvalue weighted by atomic mass is 10.0. The van der Waals surface area contributed by atoms with Gasteiger partial charge in [-0.2, -0.15) is 0 Å². The van der Waals surface area contributed by atoms with Gasteiger partial charge in [0.25, 0.3) is 0 Å². The summed E-state index contributed by atoms with van der Waals surface area (Å²) in [5, 5.41) is 15.1. The second-order valence-electron chi connectivity index (χ2n) is 7.26. The van der Waals surface area contributed by atoms with E-state index in [1.165, 1.54) is 36.1 Å². The number of rotatable bonds is 6. The van der Waals surface area contributed by atoms with E-state index in [0.29, 0.717) is 0 Å². The Kier molecular flexibility index (Phi) is 12.0. The maximum absolute atomic E-state index is 10.6. The molecule has 4 N–H and O–H groups in total. The van der Waals surface area contributed by atoms with Crippen LogP contribution in [-0.4, -0.2) is 19.3 Å². The highest BCUT2D eigenvalue weighted by Crippen LogP contribution is 2.29. The zero-order valence-electron chi connectivity index (χ0n) is 19.9. The molecule has 31 heavy (non-hydrogen) atoms. The molecule has 1 atom stereocenters. The van der Waals surface area contributed by atoms with Crippen LogP contribution in [0.15, 0.2) is 72.8 Å². The van der Waals surface area contributed by atoms with Crippen LogP contribution < -0.4 is 16.1 Å². The van der Waals surface area contributed by atoms with Crippen LogP contribution in [0.1, 0.15) is 50.8 Å². The predicted octanol–water partition coefficient (Wildman–Crippen LogP) is 7.04. The first-order chi connectivity index (χ1) is 15.0. The molecule has 168 valence electrons. The number of nitrogens with two attached hydrogens (primary N) is 1. The van der Waals surface area contributed by atoms with Crippen molar-refractivity contribution in [2.24, 2.45) is 5.73 Å². The third-order valence-electron chi connectivity index (χ3n) is 5.13. The van der Waals surface area contributed by atoms with Gasteiger partial charge in [0.15, 0.2) is 0 Å². The fourth-order valence-electron chi connectivity index (χ4n) is 2.95. The summed E-state index contributed by atoms with van der Waals surface area (Å²) in [6.07, 6.45) is 2.64. The van der Waals surface area contributed by atoms with E-state index in [4.69, 9.17) is 0 Å². The van der Waals surface area contributed by atoms with Crippen LogP contribution in [0.3, 0.4) is 0 Å². The zero-order valence-corrected chi connectivity index (χ0v) is 19.9. The molecule has 0 aliphatic heterocycles. The number of benzene rings is 3. The summed E-state index contributed by atoms with van der Waals surface area (Å²) in [6.45, 7) is 8.37. The molecule has 0 heterocycles. The molecule has 3 rings (SSSR count). The number of anilines is 2. The van der Waals surface area contributed by atoms with Crippen molar-refractivity contribution in [1.82, 2.24) is 0 Å². The van der Waals surface area contributed by atoms with Gasteiger partial charge in [0.1, 0.15) is 0 Å². The van der Waals surface area contributed by atoms with Crippen molar-refractivity contribution in [1.29, 1.82) is 0 Å². The summed E-state index contributed by atoms with van der Waals surface area (Å²) in [4.78, 5) is 0. The molecule has 4 heteroatoms. The topological polar surface area (TPSA) is 61.5 Å². The van der Waals surface area contributed by atoms with Gasteiger partial charge in [-0.1, -0.05) is 81.3 Å². The van der Waals surface area contributed by atoms with Crippen LogP contribution in [0.4, 0.5) is 11.4 Å². The van der Waals surface area contributed by atoms with Gasteiger partial charge in [0, 0.05) is 12.7 Å². The Morgan fingerprint density at radius 2 is 1.32 bits per heavy atom. The van der Waals surface area contributed by atoms with Crippen molar-refractivity contribution >= 4 is 11.4 Å². The number of hydroxylamine groups is 1. The normalized spacial score (nSPS) is 10.7. The molecular formula is C27H39N3O. The molecule has 0 radical (unpaired) electrons. The Morgan fingerprint density at radius 3 is 1.77 bits per heavy atom. The monoisotopic (exact) mass is 421 g/mol. The van der Waals surface area contributed by atoms with Gasteiger partial charge in [-0.15, -0.1) is 0 Å². The number of hydrogen-bond acceptors (Lipinski definition) is 4. The standard InChI is InChI=1S/C22H24N2O.C4H10.CH5N/c1-16-6-4-5-7-22(16)24(25)17(2)18-8-10-19(11-9-18)20-12-14-21(23-3)15-13-20;1-3-4-2;1-2/h4-15,17,23,25H,1-3H3;3-4H2,1-2H3;2H2,1H3. The number of unbranched alkanes of at least 4 members (excludes halogenated alkanes) is 1. The van der Waals surface area contributed by atoms with Crippen molar-refractivity contribution in [3.05, 3.63) is 83.9 Å². The first-order valence-electron chi connectivity index (χ1n) is 11.0. The largest absolute Gasteiger partial charge is 0.388 e. The number of para-hydroxylation sites is 1. The Bertz CT molecular complexity index is 858. The third-order valence-corrected chi connectivity index (χ3v) is 5.13. The smallest absolute Gasteiger partial charge is 0.0784 e. The molecule has 0 fully saturated rings. The fraction of sp³-hybridized carbons (Fsp3) is 0.333. The van der Waals surface area contributed by atoms with Crippen LogP contribution in [-0.2, 0) is 0 Å². The lowest BCUT2D eigenvalue weighted by molar-refractivity contribution is 0.223. The molecule has 0 aromatic heterocycles. The van der Waals surface area contributed by atoms with Crippen LogP contribution in [0.25, 0.3) is 11.1 Å². The third kappa shape index (κ3) is 7.74. The first kappa shape index (κ1) is 26.2. The summed E-state index contributed by atoms with van der Waals surface area (Å²) in [6, 6.07) is 24.4. The number of aryl methyl sites for hydroxylation is 1. The second kappa shape index (κ2) is 14.2. The van der Waals surface area contributed by atoms with Gasteiger partial charge in [-0.05, 0) is 61.3 Å². The van der Waals surface area contributed by atoms with E-state index in [1.807, 2.05) is 45.2 Å². The molecule has 1 unspecified atom stereocenters. The van der Waals surface area contributed by atoms with Crippen LogP contribution >= 0.6 is 0 Å². The summed E-state index contributed by atoms with van der Waals surface area (Å²) >= 11 is 0. The van der Waals surface area contributed by atoms with Crippen molar-refractivity contribution in [2.75, 3.05) is 24.5 Å². The van der Waals surface area contributed by atoms with Crippen LogP contribution in [0, 0.1) is 6.92 Å². The molecule has 3 aromatic carbocycles. The van der Waals surface area contributed by atoms with Gasteiger partial charge in [-0.25, -0.2) is 5.06 Å². The predicted molar refractivity (Wildman–Crippen MR) is 136 cm³/mol. The van der Waals surface area contributed by atoms with Crippen molar-refractivity contribution in [3.63, 3.8) is 0 Å². The lowest BCUT2D eigenvalue weighted by Crippen LogP contribution is -2.23. The zero-order chi connectivity index (χ0) is 23.2. The number of hydrogen-bond donors (Lipinski definition) is 3. The minimum absolute atomic E-state index is 0.123. The Balaban J connectivity index is 0.000000720. The SMILES string of the molecule is CCCC.CN.CNc1ccc(-c2ccc(C(C)N(O)c3ccccc3C)cc2)cc1. The molecule has 0 aliphatic carbocycles. The van der Waals surface area contributed by atoms with Crippen molar-refractivity contribution < 1.29 is 5.21 Å². The highest BCUT2D eigenvalue weighted by molar-refractivity contribution is 5.66. The molecule has 0 bridgehead atoms. The summed E-state index contributed by atoms with van der Waals surface area (Å²) < 4.78 is 0. The van der Waals surface area contributed by atoms with E-state index >= 15 is 0 Å². The van der Waals surface area contributed by atoms with Gasteiger partial charge >= 0.3 is 0 Å². The maximum Gasteiger partial charge on any atom is 0.0784 e. The lowest BCUT2D eigenvalue weighted by Gasteiger charge is -2.26. The minimum Gasteiger partial charge on any atom is -0.388 e. The number of nitrogens with zero attached hydrogens (tertiary/aromatic N) is 1. The summed E-state index contributed by atoms with van der Waals surface area (Å²) in [5.74, 6) is 0. The quantitative estimate of drug-likeness (QED) is 0.373. The van der Waals surface area contributed by atoms with E-state index < -0.39 is 0 Å². The van der Waals surface area contributed by atoms with Gasteiger partial charge < -0.3 is 11.1 Å². The summed E-state index contributed by atoms with van der Waals surface area (Å²) in [7, 11) is 3.42. The van der Waals surface area contributed by atoms with Gasteiger partial charge in [-0.3, -0.25) is 5.21 Å². The second-order valence-corrected chi connectivity index (χ2v) is 7.26. The molecule has 3 aromatic rings. The highest BCUT2D eigenvalue weighted by atomic mass is 16.5. The van der Waals surface area contributed by atoms with E-state index in [2.05, 4.69) is 73.4 Å². The van der Waals surface area contributed by atoms with E-state index in [-0.39, 0.29) is 6.04 Å². The average Bonchev–Trinajstić information content (AvgIpc) is 2.85. The first-order valence-corrected chi connectivity index (χ1v) is 11.0. The minimum atomic E-state index is -0.123. The van der Waals surface area contributed by atoms with Gasteiger partial charge in [0.05, 0.1) is 11.7 Å². The molecule has 0 saturated carbocycles. The highest BCUT2D eigenvalue weighted by Gasteiger charge is 2.16. The molecule has 0 spiro atoms. The van der Waals surface area contributed by atoms with Crippen molar-refractivity contribution in [3.8, 4) is 11.1 Å². The average molecular weight is 422 g/mol. The van der Waals surface area contributed by atoms with Gasteiger partial charge in [0.2, 0.25) is 0 Å². The number of nitrogens with one attached hydrogen (secondary N) is 1.